The van der Waals surface area contributed by atoms with Crippen LogP contribution in [0.15, 0.2) is 24.3 Å². The molecular formula is C19H26O4. The Morgan fingerprint density at radius 2 is 1.74 bits per heavy atom. The maximum Gasteiger partial charge on any atom is 0.338 e. The molecule has 0 saturated heterocycles. The van der Waals surface area contributed by atoms with Gasteiger partial charge in [-0.3, -0.25) is 4.79 Å². The van der Waals surface area contributed by atoms with E-state index in [4.69, 9.17) is 4.74 Å². The van der Waals surface area contributed by atoms with Gasteiger partial charge in [0.05, 0.1) is 5.56 Å². The van der Waals surface area contributed by atoms with Crippen molar-refractivity contribution in [3.8, 4) is 0 Å². The number of hydrogen-bond acceptors (Lipinski definition) is 3. The van der Waals surface area contributed by atoms with Gasteiger partial charge in [-0.2, -0.15) is 0 Å². The van der Waals surface area contributed by atoms with E-state index in [0.29, 0.717) is 17.5 Å². The highest BCUT2D eigenvalue weighted by Gasteiger charge is 2.39. The predicted molar refractivity (Wildman–Crippen MR) is 88.6 cm³/mol. The van der Waals surface area contributed by atoms with Crippen LogP contribution in [0.3, 0.4) is 0 Å². The summed E-state index contributed by atoms with van der Waals surface area (Å²) in [5.41, 5.74) is 0.972. The van der Waals surface area contributed by atoms with E-state index in [1.54, 1.807) is 24.3 Å². The van der Waals surface area contributed by atoms with Crippen molar-refractivity contribution < 1.29 is 19.4 Å². The van der Waals surface area contributed by atoms with E-state index in [-0.39, 0.29) is 0 Å². The van der Waals surface area contributed by atoms with Gasteiger partial charge in [-0.05, 0) is 24.5 Å². The fourth-order valence-electron chi connectivity index (χ4n) is 3.24. The second-order valence-corrected chi connectivity index (χ2v) is 6.26. The number of cyclic esters (lactones) is 1. The molecule has 1 N–H and O–H groups in total. The Morgan fingerprint density at radius 1 is 1.09 bits per heavy atom. The lowest BCUT2D eigenvalue weighted by molar-refractivity contribution is -0.142. The fraction of sp³-hybridized carbons (Fsp3) is 0.579. The molecular weight excluding hydrogens is 292 g/mol. The number of ether oxygens (including phenoxy) is 1. The van der Waals surface area contributed by atoms with Crippen LogP contribution in [0.1, 0.15) is 80.1 Å². The van der Waals surface area contributed by atoms with Crippen molar-refractivity contribution >= 4 is 11.9 Å². The molecule has 0 saturated carbocycles. The maximum absolute atomic E-state index is 12.1. The standard InChI is InChI=1S/C19H26O4/c1-2-3-4-5-6-7-8-13-16-17(18(20)21)14-11-9-10-12-15(14)19(22)23-16/h9-12,16-17H,2-8,13H2,1H3,(H,20,21). The number of carboxylic acids is 1. The largest absolute Gasteiger partial charge is 0.481 e. The topological polar surface area (TPSA) is 63.6 Å². The third-order valence-electron chi connectivity index (χ3n) is 4.50. The first-order chi connectivity index (χ1) is 11.1. The summed E-state index contributed by atoms with van der Waals surface area (Å²) < 4.78 is 5.41. The van der Waals surface area contributed by atoms with E-state index in [2.05, 4.69) is 6.92 Å². The Labute approximate surface area is 137 Å². The molecule has 2 rings (SSSR count). The third kappa shape index (κ3) is 4.57. The zero-order valence-corrected chi connectivity index (χ0v) is 13.8. The number of carboxylic acid groups (broad SMARTS) is 1. The quantitative estimate of drug-likeness (QED) is 0.536. The van der Waals surface area contributed by atoms with Crippen molar-refractivity contribution in [2.24, 2.45) is 0 Å². The van der Waals surface area contributed by atoms with E-state index in [1.807, 2.05) is 0 Å². The lowest BCUT2D eigenvalue weighted by Crippen LogP contribution is -2.36. The van der Waals surface area contributed by atoms with Gasteiger partial charge in [-0.15, -0.1) is 0 Å². The Balaban J connectivity index is 1.91. The van der Waals surface area contributed by atoms with Crippen molar-refractivity contribution in [2.45, 2.75) is 70.3 Å². The van der Waals surface area contributed by atoms with E-state index in [1.165, 1.54) is 25.7 Å². The van der Waals surface area contributed by atoms with E-state index in [9.17, 15) is 14.7 Å². The van der Waals surface area contributed by atoms with Crippen molar-refractivity contribution in [3.05, 3.63) is 35.4 Å². The first-order valence-electron chi connectivity index (χ1n) is 8.68. The number of esters is 1. The van der Waals surface area contributed by atoms with Gasteiger partial charge in [0.2, 0.25) is 0 Å². The van der Waals surface area contributed by atoms with Crippen LogP contribution >= 0.6 is 0 Å². The second-order valence-electron chi connectivity index (χ2n) is 6.26. The molecule has 1 aliphatic rings. The Bertz CT molecular complexity index is 538. The minimum Gasteiger partial charge on any atom is -0.481 e. The van der Waals surface area contributed by atoms with Gasteiger partial charge in [0.25, 0.3) is 0 Å². The molecule has 2 atom stereocenters. The third-order valence-corrected chi connectivity index (χ3v) is 4.50. The van der Waals surface area contributed by atoms with Crippen LogP contribution in [-0.2, 0) is 9.53 Å². The molecule has 4 heteroatoms. The number of hydrogen-bond donors (Lipinski definition) is 1. The molecule has 1 aromatic carbocycles. The van der Waals surface area contributed by atoms with Crippen molar-refractivity contribution in [2.75, 3.05) is 0 Å². The highest BCUT2D eigenvalue weighted by Crippen LogP contribution is 2.34. The zero-order valence-electron chi connectivity index (χ0n) is 13.8. The Morgan fingerprint density at radius 3 is 2.43 bits per heavy atom. The SMILES string of the molecule is CCCCCCCCCC1OC(=O)c2ccccc2C1C(=O)O. The second kappa shape index (κ2) is 8.70. The summed E-state index contributed by atoms with van der Waals surface area (Å²) in [5.74, 6) is -2.06. The first kappa shape index (κ1) is 17.5. The van der Waals surface area contributed by atoms with Crippen LogP contribution < -0.4 is 0 Å². The van der Waals surface area contributed by atoms with E-state index in [0.717, 1.165) is 19.3 Å². The van der Waals surface area contributed by atoms with Crippen molar-refractivity contribution in [3.63, 3.8) is 0 Å². The number of fused-ring (bicyclic) bond motifs is 1. The van der Waals surface area contributed by atoms with Crippen molar-refractivity contribution in [1.82, 2.24) is 0 Å². The average molecular weight is 318 g/mol. The lowest BCUT2D eigenvalue weighted by atomic mass is 9.85. The fourth-order valence-corrected chi connectivity index (χ4v) is 3.24. The molecule has 126 valence electrons. The van der Waals surface area contributed by atoms with Gasteiger partial charge in [0, 0.05) is 0 Å². The van der Waals surface area contributed by atoms with Crippen LogP contribution in [0.25, 0.3) is 0 Å². The number of benzene rings is 1. The Kier molecular flexibility index (Phi) is 6.63. The molecule has 23 heavy (non-hydrogen) atoms. The summed E-state index contributed by atoms with van der Waals surface area (Å²) in [6.07, 6.45) is 8.19. The summed E-state index contributed by atoms with van der Waals surface area (Å²) in [7, 11) is 0. The van der Waals surface area contributed by atoms with Crippen LogP contribution in [0, 0.1) is 0 Å². The molecule has 0 amide bonds. The molecule has 0 spiro atoms. The minimum atomic E-state index is -0.919. The van der Waals surface area contributed by atoms with Crippen molar-refractivity contribution in [1.29, 1.82) is 0 Å². The summed E-state index contributed by atoms with van der Waals surface area (Å²) in [4.78, 5) is 23.7. The van der Waals surface area contributed by atoms with Gasteiger partial charge >= 0.3 is 11.9 Å². The molecule has 0 radical (unpaired) electrons. The maximum atomic E-state index is 12.1. The average Bonchev–Trinajstić information content (AvgIpc) is 2.54. The Hall–Kier alpha value is -1.84. The lowest BCUT2D eigenvalue weighted by Gasteiger charge is -2.30. The van der Waals surface area contributed by atoms with Crippen LogP contribution in [0.5, 0.6) is 0 Å². The highest BCUT2D eigenvalue weighted by molar-refractivity contribution is 5.95. The number of carbonyl (C=O) groups is 2. The smallest absolute Gasteiger partial charge is 0.338 e. The summed E-state index contributed by atoms with van der Waals surface area (Å²) in [6.45, 7) is 2.20. The molecule has 0 aromatic heterocycles. The van der Waals surface area contributed by atoms with Crippen LogP contribution in [0.2, 0.25) is 0 Å². The molecule has 1 heterocycles. The molecule has 0 aliphatic carbocycles. The molecule has 2 unspecified atom stereocenters. The molecule has 0 fully saturated rings. The summed E-state index contributed by atoms with van der Waals surface area (Å²) in [5, 5.41) is 9.55. The van der Waals surface area contributed by atoms with Gasteiger partial charge in [-0.1, -0.05) is 63.6 Å². The predicted octanol–water partition coefficient (Wildman–Crippen LogP) is 4.53. The van der Waals surface area contributed by atoms with Gasteiger partial charge in [-0.25, -0.2) is 4.79 Å². The zero-order chi connectivity index (χ0) is 16.7. The normalized spacial score (nSPS) is 20.0. The molecule has 1 aromatic rings. The number of rotatable bonds is 9. The van der Waals surface area contributed by atoms with Crippen LogP contribution in [-0.4, -0.2) is 23.1 Å². The van der Waals surface area contributed by atoms with Gasteiger partial charge < -0.3 is 9.84 Å². The van der Waals surface area contributed by atoms with Crippen LogP contribution in [0.4, 0.5) is 0 Å². The number of carbonyl (C=O) groups excluding carboxylic acids is 1. The summed E-state index contributed by atoms with van der Waals surface area (Å²) >= 11 is 0. The van der Waals surface area contributed by atoms with E-state index >= 15 is 0 Å². The monoisotopic (exact) mass is 318 g/mol. The molecule has 4 nitrogen and oxygen atoms in total. The molecule has 1 aliphatic heterocycles. The molecule has 0 bridgehead atoms. The number of aliphatic carboxylic acids is 1. The summed E-state index contributed by atoms with van der Waals surface area (Å²) in [6, 6.07) is 6.87. The highest BCUT2D eigenvalue weighted by atomic mass is 16.5. The van der Waals surface area contributed by atoms with Gasteiger partial charge in [0.15, 0.2) is 0 Å². The minimum absolute atomic E-state index is 0.385. The first-order valence-corrected chi connectivity index (χ1v) is 8.68. The number of unbranched alkanes of at least 4 members (excludes halogenated alkanes) is 6. The van der Waals surface area contributed by atoms with E-state index < -0.39 is 24.0 Å². The van der Waals surface area contributed by atoms with Gasteiger partial charge in [0.1, 0.15) is 12.0 Å².